The van der Waals surface area contributed by atoms with Crippen LogP contribution in [0.25, 0.3) is 5.52 Å². The van der Waals surface area contributed by atoms with Crippen LogP contribution in [0.3, 0.4) is 0 Å². The number of rotatable bonds is 3. The summed E-state index contributed by atoms with van der Waals surface area (Å²) in [5.74, 6) is 1.66. The Morgan fingerprint density at radius 1 is 1.47 bits per heavy atom. The molecular weight excluding hydrogens is 192 g/mol. The van der Waals surface area contributed by atoms with Gasteiger partial charge in [-0.3, -0.25) is 4.40 Å². The van der Waals surface area contributed by atoms with Crippen LogP contribution in [0, 0.1) is 0 Å². The summed E-state index contributed by atoms with van der Waals surface area (Å²) >= 11 is 0. The molecule has 4 nitrogen and oxygen atoms in total. The Morgan fingerprint density at radius 2 is 2.27 bits per heavy atom. The van der Waals surface area contributed by atoms with E-state index in [0.717, 1.165) is 23.6 Å². The van der Waals surface area contributed by atoms with Crippen LogP contribution in [0.15, 0.2) is 18.2 Å². The zero-order chi connectivity index (χ0) is 10.8. The van der Waals surface area contributed by atoms with E-state index in [-0.39, 0.29) is 6.61 Å². The molecule has 0 aliphatic rings. The molecular formula is C11H14N2O2. The van der Waals surface area contributed by atoms with Crippen LogP contribution in [-0.2, 0) is 13.0 Å². The molecule has 15 heavy (non-hydrogen) atoms. The number of aliphatic hydroxyl groups excluding tert-OH is 1. The van der Waals surface area contributed by atoms with Gasteiger partial charge in [0.2, 0.25) is 0 Å². The zero-order valence-electron chi connectivity index (χ0n) is 8.90. The van der Waals surface area contributed by atoms with Crippen LogP contribution in [0.2, 0.25) is 0 Å². The molecule has 0 bridgehead atoms. The van der Waals surface area contributed by atoms with Gasteiger partial charge in [-0.15, -0.1) is 0 Å². The molecule has 1 N–H and O–H groups in total. The van der Waals surface area contributed by atoms with Crippen molar-refractivity contribution >= 4 is 5.52 Å². The first kappa shape index (κ1) is 9.98. The zero-order valence-corrected chi connectivity index (χ0v) is 8.90. The number of ether oxygens (including phenoxy) is 1. The summed E-state index contributed by atoms with van der Waals surface area (Å²) in [6, 6.07) is 5.71. The number of nitrogens with zero attached hydrogens (tertiary/aromatic N) is 2. The third kappa shape index (κ3) is 1.47. The van der Waals surface area contributed by atoms with Gasteiger partial charge < -0.3 is 9.84 Å². The van der Waals surface area contributed by atoms with Crippen molar-refractivity contribution < 1.29 is 9.84 Å². The predicted octanol–water partition coefficient (Wildman–Crippen LogP) is 1.40. The van der Waals surface area contributed by atoms with E-state index in [0.29, 0.717) is 5.69 Å². The molecule has 0 atom stereocenters. The lowest BCUT2D eigenvalue weighted by atomic mass is 10.3. The van der Waals surface area contributed by atoms with E-state index in [1.807, 2.05) is 29.5 Å². The van der Waals surface area contributed by atoms with Gasteiger partial charge in [0.25, 0.3) is 0 Å². The van der Waals surface area contributed by atoms with E-state index in [2.05, 4.69) is 4.98 Å². The SMILES string of the molecule is CCc1nc(CO)c2cccc(OC)n12. The Labute approximate surface area is 88.1 Å². The normalized spacial score (nSPS) is 10.9. The number of aromatic nitrogens is 2. The van der Waals surface area contributed by atoms with Gasteiger partial charge in [-0.2, -0.15) is 0 Å². The van der Waals surface area contributed by atoms with Gasteiger partial charge in [-0.1, -0.05) is 13.0 Å². The van der Waals surface area contributed by atoms with Gasteiger partial charge in [0.05, 0.1) is 24.9 Å². The van der Waals surface area contributed by atoms with Gasteiger partial charge in [0, 0.05) is 6.42 Å². The molecule has 0 spiro atoms. The van der Waals surface area contributed by atoms with Crippen LogP contribution in [0.4, 0.5) is 0 Å². The second kappa shape index (κ2) is 3.90. The predicted molar refractivity (Wildman–Crippen MR) is 57.0 cm³/mol. The molecule has 4 heteroatoms. The van der Waals surface area contributed by atoms with E-state index in [4.69, 9.17) is 4.74 Å². The van der Waals surface area contributed by atoms with Crippen molar-refractivity contribution in [3.63, 3.8) is 0 Å². The second-order valence-corrected chi connectivity index (χ2v) is 3.28. The molecule has 0 amide bonds. The minimum Gasteiger partial charge on any atom is -0.482 e. The Hall–Kier alpha value is -1.55. The Kier molecular flexibility index (Phi) is 2.60. The molecule has 0 unspecified atom stereocenters. The quantitative estimate of drug-likeness (QED) is 0.825. The molecule has 2 heterocycles. The van der Waals surface area contributed by atoms with Crippen molar-refractivity contribution in [2.24, 2.45) is 0 Å². The number of hydrogen-bond acceptors (Lipinski definition) is 3. The Bertz CT molecular complexity index is 477. The van der Waals surface area contributed by atoms with Gasteiger partial charge >= 0.3 is 0 Å². The van der Waals surface area contributed by atoms with E-state index in [9.17, 15) is 5.11 Å². The number of fused-ring (bicyclic) bond motifs is 1. The maximum Gasteiger partial charge on any atom is 0.199 e. The standard InChI is InChI=1S/C11H14N2O2/c1-3-10-12-8(7-14)9-5-4-6-11(15-2)13(9)10/h4-6,14H,3,7H2,1-2H3. The Balaban J connectivity index is 2.78. The summed E-state index contributed by atoms with van der Waals surface area (Å²) in [7, 11) is 1.63. The lowest BCUT2D eigenvalue weighted by Crippen LogP contribution is -1.97. The number of hydrogen-bond donors (Lipinski definition) is 1. The Morgan fingerprint density at radius 3 is 2.87 bits per heavy atom. The number of methoxy groups -OCH3 is 1. The minimum atomic E-state index is -0.0450. The smallest absolute Gasteiger partial charge is 0.199 e. The fourth-order valence-corrected chi connectivity index (χ4v) is 1.76. The second-order valence-electron chi connectivity index (χ2n) is 3.28. The number of aryl methyl sites for hydroxylation is 1. The number of imidazole rings is 1. The highest BCUT2D eigenvalue weighted by molar-refractivity contribution is 5.55. The van der Waals surface area contributed by atoms with Crippen molar-refractivity contribution in [3.8, 4) is 5.88 Å². The van der Waals surface area contributed by atoms with Crippen LogP contribution in [-0.4, -0.2) is 21.6 Å². The van der Waals surface area contributed by atoms with Crippen molar-refractivity contribution in [2.45, 2.75) is 20.0 Å². The molecule has 0 aliphatic heterocycles. The summed E-state index contributed by atoms with van der Waals surface area (Å²) in [6.07, 6.45) is 0.807. The third-order valence-corrected chi connectivity index (χ3v) is 2.45. The van der Waals surface area contributed by atoms with Crippen molar-refractivity contribution in [2.75, 3.05) is 7.11 Å². The summed E-state index contributed by atoms with van der Waals surface area (Å²) < 4.78 is 7.21. The van der Waals surface area contributed by atoms with Crippen molar-refractivity contribution in [1.29, 1.82) is 0 Å². The van der Waals surface area contributed by atoms with Crippen LogP contribution < -0.4 is 4.74 Å². The lowest BCUT2D eigenvalue weighted by Gasteiger charge is -2.05. The first-order valence-corrected chi connectivity index (χ1v) is 4.95. The molecule has 0 aliphatic carbocycles. The highest BCUT2D eigenvalue weighted by Gasteiger charge is 2.11. The molecule has 0 saturated heterocycles. The number of pyridine rings is 1. The van der Waals surface area contributed by atoms with Crippen LogP contribution >= 0.6 is 0 Å². The third-order valence-electron chi connectivity index (χ3n) is 2.45. The highest BCUT2D eigenvalue weighted by Crippen LogP contribution is 2.20. The summed E-state index contributed by atoms with van der Waals surface area (Å²) in [5.41, 5.74) is 1.61. The van der Waals surface area contributed by atoms with Crippen LogP contribution in [0.1, 0.15) is 18.4 Å². The molecule has 0 saturated carbocycles. The fourth-order valence-electron chi connectivity index (χ4n) is 1.76. The van der Waals surface area contributed by atoms with Gasteiger partial charge in [-0.05, 0) is 12.1 Å². The average molecular weight is 206 g/mol. The van der Waals surface area contributed by atoms with Crippen molar-refractivity contribution in [3.05, 3.63) is 29.7 Å². The molecule has 80 valence electrons. The van der Waals surface area contributed by atoms with Crippen molar-refractivity contribution in [1.82, 2.24) is 9.38 Å². The maximum absolute atomic E-state index is 9.19. The molecule has 2 aromatic rings. The number of aliphatic hydroxyl groups is 1. The van der Waals surface area contributed by atoms with Gasteiger partial charge in [-0.25, -0.2) is 4.98 Å². The average Bonchev–Trinajstić information content (AvgIpc) is 2.66. The molecule has 2 rings (SSSR count). The van der Waals surface area contributed by atoms with E-state index >= 15 is 0 Å². The molecule has 0 fully saturated rings. The molecule has 0 radical (unpaired) electrons. The largest absolute Gasteiger partial charge is 0.482 e. The molecule has 2 aromatic heterocycles. The lowest BCUT2D eigenvalue weighted by molar-refractivity contribution is 0.279. The maximum atomic E-state index is 9.19. The first-order valence-electron chi connectivity index (χ1n) is 4.95. The van der Waals surface area contributed by atoms with E-state index < -0.39 is 0 Å². The fraction of sp³-hybridized carbons (Fsp3) is 0.364. The van der Waals surface area contributed by atoms with E-state index in [1.54, 1.807) is 7.11 Å². The molecule has 0 aromatic carbocycles. The minimum absolute atomic E-state index is 0.0450. The monoisotopic (exact) mass is 206 g/mol. The highest BCUT2D eigenvalue weighted by atomic mass is 16.5. The van der Waals surface area contributed by atoms with Gasteiger partial charge in [0.15, 0.2) is 5.88 Å². The first-order chi connectivity index (χ1) is 7.31. The topological polar surface area (TPSA) is 46.8 Å². The summed E-state index contributed by atoms with van der Waals surface area (Å²) in [6.45, 7) is 1.99. The van der Waals surface area contributed by atoms with E-state index in [1.165, 1.54) is 0 Å². The summed E-state index contributed by atoms with van der Waals surface area (Å²) in [5, 5.41) is 9.19. The van der Waals surface area contributed by atoms with Gasteiger partial charge in [0.1, 0.15) is 5.82 Å². The summed E-state index contributed by atoms with van der Waals surface area (Å²) in [4.78, 5) is 4.37. The van der Waals surface area contributed by atoms with Crippen LogP contribution in [0.5, 0.6) is 5.88 Å².